The number of hydrogen-bond donors (Lipinski definition) is 1. The molecule has 0 amide bonds. The fourth-order valence-corrected chi connectivity index (χ4v) is 1.97. The molecule has 0 bridgehead atoms. The minimum atomic E-state index is 0. The molecule has 0 saturated carbocycles. The van der Waals surface area contributed by atoms with Gasteiger partial charge in [0.15, 0.2) is 0 Å². The molecule has 0 aliphatic carbocycles. The second-order valence-electron chi connectivity index (χ2n) is 4.08. The van der Waals surface area contributed by atoms with Crippen LogP contribution in [0, 0.1) is 0 Å². The highest BCUT2D eigenvalue weighted by atomic mass is 35.5. The highest BCUT2D eigenvalue weighted by Gasteiger charge is 2.11. The molecular formula is C13H20ClNO. The van der Waals surface area contributed by atoms with Crippen molar-refractivity contribution in [3.63, 3.8) is 0 Å². The van der Waals surface area contributed by atoms with E-state index in [1.165, 1.54) is 5.56 Å². The van der Waals surface area contributed by atoms with Crippen LogP contribution in [0.15, 0.2) is 30.3 Å². The molecule has 1 aromatic rings. The summed E-state index contributed by atoms with van der Waals surface area (Å²) in [7, 11) is 0. The van der Waals surface area contributed by atoms with Gasteiger partial charge < -0.3 is 10.1 Å². The van der Waals surface area contributed by atoms with Gasteiger partial charge in [-0.2, -0.15) is 0 Å². The van der Waals surface area contributed by atoms with E-state index in [-0.39, 0.29) is 12.4 Å². The first kappa shape index (κ1) is 13.5. The second-order valence-corrected chi connectivity index (χ2v) is 4.08. The summed E-state index contributed by atoms with van der Waals surface area (Å²) in [6.07, 6.45) is 3.45. The quantitative estimate of drug-likeness (QED) is 0.874. The average Bonchev–Trinajstić information content (AvgIpc) is 2.32. The molecule has 0 aromatic heterocycles. The summed E-state index contributed by atoms with van der Waals surface area (Å²) < 4.78 is 5.32. The van der Waals surface area contributed by atoms with Gasteiger partial charge in [0.25, 0.3) is 0 Å². The Morgan fingerprint density at radius 3 is 2.50 bits per heavy atom. The molecule has 1 aliphatic rings. The van der Waals surface area contributed by atoms with Gasteiger partial charge in [0.05, 0.1) is 0 Å². The standard InChI is InChI=1S/C13H19NO.ClH/c1-2-4-12(5-3-1)6-9-14-13-7-10-15-11-8-13;/h1-5,13-14H,6-11H2;1H. The van der Waals surface area contributed by atoms with E-state index in [0.717, 1.165) is 39.0 Å². The van der Waals surface area contributed by atoms with Crippen molar-refractivity contribution in [2.75, 3.05) is 19.8 Å². The average molecular weight is 242 g/mol. The van der Waals surface area contributed by atoms with Crippen LogP contribution in [0.5, 0.6) is 0 Å². The lowest BCUT2D eigenvalue weighted by molar-refractivity contribution is 0.0782. The zero-order chi connectivity index (χ0) is 10.3. The first-order valence-corrected chi connectivity index (χ1v) is 5.80. The van der Waals surface area contributed by atoms with Gasteiger partial charge in [0, 0.05) is 19.3 Å². The Bertz CT molecular complexity index is 273. The van der Waals surface area contributed by atoms with Crippen LogP contribution < -0.4 is 5.32 Å². The van der Waals surface area contributed by atoms with Gasteiger partial charge in [-0.3, -0.25) is 0 Å². The molecule has 1 aromatic carbocycles. The fraction of sp³-hybridized carbons (Fsp3) is 0.538. The van der Waals surface area contributed by atoms with E-state index in [1.807, 2.05) is 0 Å². The monoisotopic (exact) mass is 241 g/mol. The largest absolute Gasteiger partial charge is 0.381 e. The predicted molar refractivity (Wildman–Crippen MR) is 69.2 cm³/mol. The summed E-state index contributed by atoms with van der Waals surface area (Å²) in [4.78, 5) is 0. The summed E-state index contributed by atoms with van der Waals surface area (Å²) in [5.74, 6) is 0. The number of benzene rings is 1. The molecule has 0 atom stereocenters. The number of nitrogens with one attached hydrogen (secondary N) is 1. The van der Waals surface area contributed by atoms with Crippen LogP contribution in [0.3, 0.4) is 0 Å². The maximum atomic E-state index is 5.32. The molecule has 16 heavy (non-hydrogen) atoms. The minimum absolute atomic E-state index is 0. The molecule has 1 aliphatic heterocycles. The topological polar surface area (TPSA) is 21.3 Å². The summed E-state index contributed by atoms with van der Waals surface area (Å²) in [5, 5.41) is 3.59. The lowest BCUT2D eigenvalue weighted by Gasteiger charge is -2.23. The Morgan fingerprint density at radius 1 is 1.12 bits per heavy atom. The normalized spacial score (nSPS) is 16.8. The first-order valence-electron chi connectivity index (χ1n) is 5.80. The molecule has 90 valence electrons. The van der Waals surface area contributed by atoms with E-state index in [2.05, 4.69) is 35.6 Å². The Balaban J connectivity index is 0.00000128. The minimum Gasteiger partial charge on any atom is -0.381 e. The Labute approximate surface area is 104 Å². The zero-order valence-electron chi connectivity index (χ0n) is 9.52. The molecule has 0 radical (unpaired) electrons. The van der Waals surface area contributed by atoms with Crippen molar-refractivity contribution < 1.29 is 4.74 Å². The van der Waals surface area contributed by atoms with Crippen molar-refractivity contribution in [3.05, 3.63) is 35.9 Å². The third-order valence-electron chi connectivity index (χ3n) is 2.91. The fourth-order valence-electron chi connectivity index (χ4n) is 1.97. The third-order valence-corrected chi connectivity index (χ3v) is 2.91. The van der Waals surface area contributed by atoms with Gasteiger partial charge in [0.1, 0.15) is 0 Å². The molecule has 1 N–H and O–H groups in total. The van der Waals surface area contributed by atoms with Gasteiger partial charge in [-0.1, -0.05) is 30.3 Å². The Hall–Kier alpha value is -0.570. The van der Waals surface area contributed by atoms with Crippen LogP contribution in [0.2, 0.25) is 0 Å². The summed E-state index contributed by atoms with van der Waals surface area (Å²) in [6.45, 7) is 2.92. The maximum Gasteiger partial charge on any atom is 0.0480 e. The van der Waals surface area contributed by atoms with Crippen LogP contribution >= 0.6 is 12.4 Å². The predicted octanol–water partition coefficient (Wildman–Crippen LogP) is 2.42. The van der Waals surface area contributed by atoms with Gasteiger partial charge in [-0.25, -0.2) is 0 Å². The van der Waals surface area contributed by atoms with Crippen molar-refractivity contribution in [1.82, 2.24) is 5.32 Å². The lowest BCUT2D eigenvalue weighted by atomic mass is 10.1. The smallest absolute Gasteiger partial charge is 0.0480 e. The Morgan fingerprint density at radius 2 is 1.81 bits per heavy atom. The zero-order valence-corrected chi connectivity index (χ0v) is 10.3. The number of hydrogen-bond acceptors (Lipinski definition) is 2. The van der Waals surface area contributed by atoms with Crippen LogP contribution in [-0.4, -0.2) is 25.8 Å². The Kier molecular flexibility index (Phi) is 6.46. The molecule has 3 heteroatoms. The van der Waals surface area contributed by atoms with Crippen molar-refractivity contribution >= 4 is 12.4 Å². The lowest BCUT2D eigenvalue weighted by Crippen LogP contribution is -2.35. The first-order chi connectivity index (χ1) is 7.45. The van der Waals surface area contributed by atoms with E-state index in [1.54, 1.807) is 0 Å². The highest BCUT2D eigenvalue weighted by molar-refractivity contribution is 5.85. The number of rotatable bonds is 4. The molecule has 0 spiro atoms. The van der Waals surface area contributed by atoms with E-state index in [0.29, 0.717) is 6.04 Å². The summed E-state index contributed by atoms with van der Waals surface area (Å²) in [5.41, 5.74) is 1.41. The number of ether oxygens (including phenoxy) is 1. The molecular weight excluding hydrogens is 222 g/mol. The molecule has 1 fully saturated rings. The molecule has 1 saturated heterocycles. The molecule has 0 unspecified atom stereocenters. The van der Waals surface area contributed by atoms with E-state index >= 15 is 0 Å². The van der Waals surface area contributed by atoms with Crippen LogP contribution in [0.25, 0.3) is 0 Å². The number of halogens is 1. The van der Waals surface area contributed by atoms with E-state index in [9.17, 15) is 0 Å². The van der Waals surface area contributed by atoms with Crippen molar-refractivity contribution in [1.29, 1.82) is 0 Å². The van der Waals surface area contributed by atoms with Crippen LogP contribution in [0.4, 0.5) is 0 Å². The molecule has 1 heterocycles. The molecule has 2 rings (SSSR count). The molecule has 2 nitrogen and oxygen atoms in total. The van der Waals surface area contributed by atoms with E-state index < -0.39 is 0 Å². The van der Waals surface area contributed by atoms with E-state index in [4.69, 9.17) is 4.74 Å². The van der Waals surface area contributed by atoms with Gasteiger partial charge in [-0.15, -0.1) is 12.4 Å². The van der Waals surface area contributed by atoms with Crippen LogP contribution in [0.1, 0.15) is 18.4 Å². The highest BCUT2D eigenvalue weighted by Crippen LogP contribution is 2.06. The van der Waals surface area contributed by atoms with Gasteiger partial charge in [0.2, 0.25) is 0 Å². The van der Waals surface area contributed by atoms with Crippen LogP contribution in [-0.2, 0) is 11.2 Å². The van der Waals surface area contributed by atoms with Gasteiger partial charge >= 0.3 is 0 Å². The van der Waals surface area contributed by atoms with Crippen molar-refractivity contribution in [3.8, 4) is 0 Å². The SMILES string of the molecule is Cl.c1ccc(CCNC2CCOCC2)cc1. The second kappa shape index (κ2) is 7.66. The third kappa shape index (κ3) is 4.52. The van der Waals surface area contributed by atoms with Crippen molar-refractivity contribution in [2.24, 2.45) is 0 Å². The van der Waals surface area contributed by atoms with Gasteiger partial charge in [-0.05, 0) is 31.4 Å². The van der Waals surface area contributed by atoms with Crippen molar-refractivity contribution in [2.45, 2.75) is 25.3 Å². The maximum absolute atomic E-state index is 5.32. The summed E-state index contributed by atoms with van der Waals surface area (Å²) >= 11 is 0. The summed E-state index contributed by atoms with van der Waals surface area (Å²) in [6, 6.07) is 11.3.